The zero-order valence-corrected chi connectivity index (χ0v) is 16.8. The van der Waals surface area contributed by atoms with Crippen molar-refractivity contribution in [3.05, 3.63) is 34.0 Å². The Balaban J connectivity index is 2.89. The summed E-state index contributed by atoms with van der Waals surface area (Å²) in [5, 5.41) is 6.59. The molecule has 0 saturated heterocycles. The Morgan fingerprint density at radius 3 is 2.69 bits per heavy atom. The van der Waals surface area contributed by atoms with Crippen LogP contribution in [0.5, 0.6) is 0 Å². The van der Waals surface area contributed by atoms with E-state index in [1.54, 1.807) is 14.0 Å². The van der Waals surface area contributed by atoms with Crippen molar-refractivity contribution >= 4 is 29.1 Å². The minimum Gasteiger partial charge on any atom is -0.500 e. The fourth-order valence-corrected chi connectivity index (χ4v) is 2.94. The number of ether oxygens (including phenoxy) is 3. The summed E-state index contributed by atoms with van der Waals surface area (Å²) in [5.74, 6) is -0.128. The average molecular weight is 382 g/mol. The fourth-order valence-electron chi connectivity index (χ4n) is 2.18. The van der Waals surface area contributed by atoms with Gasteiger partial charge in [0.15, 0.2) is 0 Å². The van der Waals surface area contributed by atoms with E-state index >= 15 is 0 Å². The Morgan fingerprint density at radius 2 is 2.12 bits per heavy atom. The first kappa shape index (κ1) is 21.9. The number of carbonyl (C=O) groups is 1. The first-order valence-corrected chi connectivity index (χ1v) is 9.01. The molecule has 0 amide bonds. The predicted octanol–water partition coefficient (Wildman–Crippen LogP) is 3.27. The van der Waals surface area contributed by atoms with Gasteiger partial charge in [0.1, 0.15) is 23.6 Å². The molecular weight excluding hydrogens is 356 g/mol. The van der Waals surface area contributed by atoms with Crippen LogP contribution in [0.15, 0.2) is 28.4 Å². The van der Waals surface area contributed by atoms with Crippen LogP contribution >= 0.6 is 11.3 Å². The van der Waals surface area contributed by atoms with E-state index in [1.807, 2.05) is 31.4 Å². The number of thiazole rings is 1. The SMILES string of the molecule is CCOC(=O)/C=C(/OC)[C@H](C)[C@H](/C=C/c1nc(/C(C)=N\OC)cs1)OC. The molecular formula is C18H26N2O5S. The quantitative estimate of drug-likeness (QED) is 0.203. The maximum atomic E-state index is 11.7. The Labute approximate surface area is 158 Å². The second-order valence-corrected chi connectivity index (χ2v) is 6.17. The van der Waals surface area contributed by atoms with Crippen molar-refractivity contribution in [3.8, 4) is 0 Å². The molecule has 0 radical (unpaired) electrons. The van der Waals surface area contributed by atoms with Crippen LogP contribution in [-0.4, -0.2) is 50.7 Å². The molecule has 7 nitrogen and oxygen atoms in total. The maximum absolute atomic E-state index is 11.7. The molecule has 1 aromatic rings. The van der Waals surface area contributed by atoms with Crippen LogP contribution in [0, 0.1) is 5.92 Å². The minimum atomic E-state index is -0.437. The smallest absolute Gasteiger partial charge is 0.334 e. The van der Waals surface area contributed by atoms with Crippen LogP contribution in [0.3, 0.4) is 0 Å². The summed E-state index contributed by atoms with van der Waals surface area (Å²) in [6.07, 6.45) is 4.81. The Bertz CT molecular complexity index is 666. The summed E-state index contributed by atoms with van der Waals surface area (Å²) in [4.78, 5) is 20.9. The zero-order valence-electron chi connectivity index (χ0n) is 16.0. The second-order valence-electron chi connectivity index (χ2n) is 5.28. The molecule has 1 aromatic heterocycles. The molecule has 0 aromatic carbocycles. The number of esters is 1. The van der Waals surface area contributed by atoms with E-state index in [0.717, 1.165) is 10.7 Å². The molecule has 26 heavy (non-hydrogen) atoms. The van der Waals surface area contributed by atoms with E-state index in [4.69, 9.17) is 19.0 Å². The van der Waals surface area contributed by atoms with Crippen LogP contribution in [0.4, 0.5) is 0 Å². The van der Waals surface area contributed by atoms with E-state index < -0.39 is 5.97 Å². The van der Waals surface area contributed by atoms with Crippen molar-refractivity contribution in [2.24, 2.45) is 11.1 Å². The number of rotatable bonds is 10. The number of nitrogens with zero attached hydrogens (tertiary/aromatic N) is 2. The highest BCUT2D eigenvalue weighted by Crippen LogP contribution is 2.21. The minimum absolute atomic E-state index is 0.179. The molecule has 0 spiro atoms. The molecule has 8 heteroatoms. The summed E-state index contributed by atoms with van der Waals surface area (Å²) < 4.78 is 15.8. The van der Waals surface area contributed by atoms with E-state index in [0.29, 0.717) is 18.1 Å². The second kappa shape index (κ2) is 11.4. The molecule has 0 N–H and O–H groups in total. The molecule has 0 fully saturated rings. The average Bonchev–Trinajstić information content (AvgIpc) is 3.09. The molecule has 144 valence electrons. The molecule has 2 atom stereocenters. The third-order valence-corrected chi connectivity index (χ3v) is 4.36. The van der Waals surface area contributed by atoms with Gasteiger partial charge in [-0.1, -0.05) is 18.2 Å². The zero-order chi connectivity index (χ0) is 19.5. The number of oxime groups is 1. The predicted molar refractivity (Wildman–Crippen MR) is 102 cm³/mol. The summed E-state index contributed by atoms with van der Waals surface area (Å²) in [5.41, 5.74) is 1.47. The Kier molecular flexibility index (Phi) is 9.61. The molecule has 0 aliphatic rings. The number of hydrogen-bond donors (Lipinski definition) is 0. The number of methoxy groups -OCH3 is 2. The van der Waals surface area contributed by atoms with Crippen molar-refractivity contribution in [1.82, 2.24) is 4.98 Å². The van der Waals surface area contributed by atoms with Crippen molar-refractivity contribution < 1.29 is 23.8 Å². The van der Waals surface area contributed by atoms with Crippen molar-refractivity contribution in [2.45, 2.75) is 26.9 Å². The van der Waals surface area contributed by atoms with Gasteiger partial charge in [-0.3, -0.25) is 0 Å². The van der Waals surface area contributed by atoms with Crippen molar-refractivity contribution in [1.29, 1.82) is 0 Å². The lowest BCUT2D eigenvalue weighted by atomic mass is 10.0. The third kappa shape index (κ3) is 6.61. The van der Waals surface area contributed by atoms with Crippen LogP contribution in [0.25, 0.3) is 6.08 Å². The van der Waals surface area contributed by atoms with Gasteiger partial charge in [0, 0.05) is 18.4 Å². The van der Waals surface area contributed by atoms with Gasteiger partial charge in [0.2, 0.25) is 0 Å². The summed E-state index contributed by atoms with van der Waals surface area (Å²) >= 11 is 1.49. The summed E-state index contributed by atoms with van der Waals surface area (Å²) in [7, 11) is 4.62. The third-order valence-electron chi connectivity index (χ3n) is 3.55. The highest BCUT2D eigenvalue weighted by molar-refractivity contribution is 7.10. The van der Waals surface area contributed by atoms with Crippen molar-refractivity contribution in [3.63, 3.8) is 0 Å². The highest BCUT2D eigenvalue weighted by atomic mass is 32.1. The van der Waals surface area contributed by atoms with Gasteiger partial charge in [-0.25, -0.2) is 9.78 Å². The van der Waals surface area contributed by atoms with Crippen LogP contribution in [0.1, 0.15) is 31.5 Å². The summed E-state index contributed by atoms with van der Waals surface area (Å²) in [6.45, 7) is 5.81. The van der Waals surface area contributed by atoms with Crippen LogP contribution in [-0.2, 0) is 23.8 Å². The van der Waals surface area contributed by atoms with Crippen molar-refractivity contribution in [2.75, 3.05) is 27.9 Å². The van der Waals surface area contributed by atoms with Gasteiger partial charge in [-0.2, -0.15) is 0 Å². The Morgan fingerprint density at radius 1 is 1.38 bits per heavy atom. The van der Waals surface area contributed by atoms with E-state index in [2.05, 4.69) is 10.1 Å². The van der Waals surface area contributed by atoms with Gasteiger partial charge < -0.3 is 19.0 Å². The highest BCUT2D eigenvalue weighted by Gasteiger charge is 2.20. The monoisotopic (exact) mass is 382 g/mol. The fraction of sp³-hybridized carbons (Fsp3) is 0.500. The van der Waals surface area contributed by atoms with Gasteiger partial charge in [0.05, 0.1) is 31.6 Å². The van der Waals surface area contributed by atoms with Crippen LogP contribution in [0.2, 0.25) is 0 Å². The summed E-state index contributed by atoms with van der Waals surface area (Å²) in [6, 6.07) is 0. The standard InChI is InChI=1S/C18H26N2O5S/c1-7-25-18(21)10-16(23-5)12(2)15(22-4)8-9-17-19-14(11-26-17)13(3)20-24-6/h8-12,15H,7H2,1-6H3/b9-8+,16-10+,20-13-/t12-,15+/m1/s1. The van der Waals surface area contributed by atoms with Gasteiger partial charge in [0.25, 0.3) is 0 Å². The molecule has 1 rings (SSSR count). The van der Waals surface area contributed by atoms with E-state index in [1.165, 1.54) is 31.6 Å². The molecule has 0 aliphatic heterocycles. The first-order chi connectivity index (χ1) is 12.5. The maximum Gasteiger partial charge on any atom is 0.334 e. The normalized spacial score (nSPS) is 15.0. The first-order valence-electron chi connectivity index (χ1n) is 8.13. The number of aromatic nitrogens is 1. The molecule has 0 bridgehead atoms. The number of carbonyl (C=O) groups excluding carboxylic acids is 1. The van der Waals surface area contributed by atoms with Gasteiger partial charge in [-0.15, -0.1) is 11.3 Å². The van der Waals surface area contributed by atoms with Gasteiger partial charge in [-0.05, 0) is 19.9 Å². The lowest BCUT2D eigenvalue weighted by molar-refractivity contribution is -0.137. The molecule has 0 unspecified atom stereocenters. The topological polar surface area (TPSA) is 79.2 Å². The lowest BCUT2D eigenvalue weighted by Gasteiger charge is -2.21. The van der Waals surface area contributed by atoms with Gasteiger partial charge >= 0.3 is 5.97 Å². The van der Waals surface area contributed by atoms with E-state index in [-0.39, 0.29) is 12.0 Å². The lowest BCUT2D eigenvalue weighted by Crippen LogP contribution is -2.21. The molecule has 0 saturated carbocycles. The number of hydrogen-bond acceptors (Lipinski definition) is 8. The Hall–Kier alpha value is -2.19. The molecule has 1 heterocycles. The molecule has 0 aliphatic carbocycles. The van der Waals surface area contributed by atoms with E-state index in [9.17, 15) is 4.79 Å². The van der Waals surface area contributed by atoms with Crippen LogP contribution < -0.4 is 0 Å². The largest absolute Gasteiger partial charge is 0.500 e.